The quantitative estimate of drug-likeness (QED) is 0.896. The van der Waals surface area contributed by atoms with Gasteiger partial charge in [0.2, 0.25) is 11.7 Å². The minimum atomic E-state index is -0.367. The van der Waals surface area contributed by atoms with Crippen LogP contribution >= 0.6 is 0 Å². The van der Waals surface area contributed by atoms with Crippen molar-refractivity contribution in [2.75, 3.05) is 0 Å². The van der Waals surface area contributed by atoms with Gasteiger partial charge in [-0.15, -0.1) is 10.2 Å². The monoisotopic (exact) mass is 277 g/mol. The second-order valence-corrected chi connectivity index (χ2v) is 4.53. The SMILES string of the molecule is CC[C@H](C)NC(=O)Cn1nnc(-c2cccc(F)c2)n1. The molecular weight excluding hydrogens is 261 g/mol. The molecule has 1 N–H and O–H groups in total. The Kier molecular flexibility index (Phi) is 4.39. The summed E-state index contributed by atoms with van der Waals surface area (Å²) in [7, 11) is 0. The molecule has 1 amide bonds. The van der Waals surface area contributed by atoms with Gasteiger partial charge < -0.3 is 5.32 Å². The lowest BCUT2D eigenvalue weighted by atomic mass is 10.2. The van der Waals surface area contributed by atoms with E-state index >= 15 is 0 Å². The third-order valence-electron chi connectivity index (χ3n) is 2.84. The van der Waals surface area contributed by atoms with Crippen molar-refractivity contribution in [2.45, 2.75) is 32.9 Å². The molecule has 1 atom stereocenters. The molecule has 0 fully saturated rings. The van der Waals surface area contributed by atoms with Crippen molar-refractivity contribution in [3.63, 3.8) is 0 Å². The van der Waals surface area contributed by atoms with Crippen LogP contribution in [0, 0.1) is 5.82 Å². The molecule has 0 aliphatic carbocycles. The average molecular weight is 277 g/mol. The Morgan fingerprint density at radius 1 is 1.50 bits per heavy atom. The van der Waals surface area contributed by atoms with E-state index in [9.17, 15) is 9.18 Å². The van der Waals surface area contributed by atoms with Crippen molar-refractivity contribution in [2.24, 2.45) is 0 Å². The zero-order valence-corrected chi connectivity index (χ0v) is 11.4. The summed E-state index contributed by atoms with van der Waals surface area (Å²) < 4.78 is 13.1. The minimum absolute atomic E-state index is 0.00729. The van der Waals surface area contributed by atoms with E-state index in [1.807, 2.05) is 13.8 Å². The summed E-state index contributed by atoms with van der Waals surface area (Å²) in [4.78, 5) is 12.9. The van der Waals surface area contributed by atoms with Crippen LogP contribution in [0.1, 0.15) is 20.3 Å². The van der Waals surface area contributed by atoms with Crippen LogP contribution < -0.4 is 5.32 Å². The van der Waals surface area contributed by atoms with Gasteiger partial charge in [-0.1, -0.05) is 19.1 Å². The Balaban J connectivity index is 2.04. The molecule has 7 heteroatoms. The summed E-state index contributed by atoms with van der Waals surface area (Å²) in [6, 6.07) is 6.02. The van der Waals surface area contributed by atoms with Crippen LogP contribution in [0.25, 0.3) is 11.4 Å². The van der Waals surface area contributed by atoms with Crippen molar-refractivity contribution in [1.82, 2.24) is 25.5 Å². The number of benzene rings is 1. The molecule has 0 radical (unpaired) electrons. The van der Waals surface area contributed by atoms with Crippen LogP contribution in [0.3, 0.4) is 0 Å². The number of hydrogen-bond donors (Lipinski definition) is 1. The number of halogens is 1. The summed E-state index contributed by atoms with van der Waals surface area (Å²) in [5, 5.41) is 14.5. The summed E-state index contributed by atoms with van der Waals surface area (Å²) in [5.41, 5.74) is 0.526. The highest BCUT2D eigenvalue weighted by atomic mass is 19.1. The van der Waals surface area contributed by atoms with E-state index in [0.717, 1.165) is 6.42 Å². The number of rotatable bonds is 5. The molecule has 0 unspecified atom stereocenters. The summed E-state index contributed by atoms with van der Waals surface area (Å²) in [6.07, 6.45) is 0.852. The molecule has 6 nitrogen and oxygen atoms in total. The molecule has 1 aromatic carbocycles. The second-order valence-electron chi connectivity index (χ2n) is 4.53. The van der Waals surface area contributed by atoms with Gasteiger partial charge >= 0.3 is 0 Å². The van der Waals surface area contributed by atoms with Gasteiger partial charge in [0.05, 0.1) is 0 Å². The number of carbonyl (C=O) groups excluding carboxylic acids is 1. The molecule has 106 valence electrons. The highest BCUT2D eigenvalue weighted by Gasteiger charge is 2.11. The maximum Gasteiger partial charge on any atom is 0.243 e. The summed E-state index contributed by atoms with van der Waals surface area (Å²) in [5.74, 6) is -0.253. The smallest absolute Gasteiger partial charge is 0.243 e. The maximum atomic E-state index is 13.1. The minimum Gasteiger partial charge on any atom is -0.352 e. The van der Waals surface area contributed by atoms with Crippen molar-refractivity contribution in [3.8, 4) is 11.4 Å². The summed E-state index contributed by atoms with van der Waals surface area (Å²) in [6.45, 7) is 3.90. The predicted molar refractivity (Wildman–Crippen MR) is 71.1 cm³/mol. The molecule has 0 saturated carbocycles. The summed E-state index contributed by atoms with van der Waals surface area (Å²) >= 11 is 0. The van der Waals surface area contributed by atoms with Crippen LogP contribution in [0.2, 0.25) is 0 Å². The van der Waals surface area contributed by atoms with Crippen LogP contribution in [0.5, 0.6) is 0 Å². The van der Waals surface area contributed by atoms with E-state index in [1.165, 1.54) is 16.9 Å². The molecular formula is C13H16FN5O. The number of carbonyl (C=O) groups is 1. The first-order chi connectivity index (χ1) is 9.58. The molecule has 0 bridgehead atoms. The molecule has 1 heterocycles. The number of amides is 1. The topological polar surface area (TPSA) is 72.7 Å². The van der Waals surface area contributed by atoms with Crippen LogP contribution in [0.4, 0.5) is 4.39 Å². The van der Waals surface area contributed by atoms with Gasteiger partial charge in [-0.3, -0.25) is 4.79 Å². The van der Waals surface area contributed by atoms with E-state index < -0.39 is 0 Å². The zero-order valence-electron chi connectivity index (χ0n) is 11.4. The Labute approximate surface area is 116 Å². The largest absolute Gasteiger partial charge is 0.352 e. The molecule has 0 saturated heterocycles. The van der Waals surface area contributed by atoms with Crippen LogP contribution in [-0.4, -0.2) is 32.2 Å². The third-order valence-corrected chi connectivity index (χ3v) is 2.84. The standard InChI is InChI=1S/C13H16FN5O/c1-3-9(2)15-12(20)8-19-17-13(16-18-19)10-5-4-6-11(14)7-10/h4-7,9H,3,8H2,1-2H3,(H,15,20)/t9-/m0/s1. The molecule has 0 spiro atoms. The maximum absolute atomic E-state index is 13.1. The average Bonchev–Trinajstić information content (AvgIpc) is 2.87. The molecule has 0 aliphatic rings. The van der Waals surface area contributed by atoms with Crippen molar-refractivity contribution in [1.29, 1.82) is 0 Å². The number of tetrazole rings is 1. The highest BCUT2D eigenvalue weighted by Crippen LogP contribution is 2.14. The van der Waals surface area contributed by atoms with Crippen molar-refractivity contribution in [3.05, 3.63) is 30.1 Å². The Morgan fingerprint density at radius 2 is 2.30 bits per heavy atom. The fraction of sp³-hybridized carbons (Fsp3) is 0.385. The van der Waals surface area contributed by atoms with Gasteiger partial charge in [-0.25, -0.2) is 4.39 Å². The van der Waals surface area contributed by atoms with E-state index in [0.29, 0.717) is 11.4 Å². The molecule has 2 rings (SSSR count). The van der Waals surface area contributed by atoms with Gasteiger partial charge in [0.15, 0.2) is 0 Å². The lowest BCUT2D eigenvalue weighted by Crippen LogP contribution is -2.35. The molecule has 20 heavy (non-hydrogen) atoms. The fourth-order valence-electron chi connectivity index (χ4n) is 1.60. The van der Waals surface area contributed by atoms with E-state index in [2.05, 4.69) is 20.7 Å². The number of nitrogens with one attached hydrogen (secondary N) is 1. The fourth-order valence-corrected chi connectivity index (χ4v) is 1.60. The molecule has 2 aromatic rings. The third kappa shape index (κ3) is 3.59. The molecule has 1 aromatic heterocycles. The van der Waals surface area contributed by atoms with Gasteiger partial charge in [-0.2, -0.15) is 4.80 Å². The Bertz CT molecular complexity index is 598. The lowest BCUT2D eigenvalue weighted by molar-refractivity contribution is -0.122. The normalized spacial score (nSPS) is 12.2. The number of aromatic nitrogens is 4. The first kappa shape index (κ1) is 14.1. The van der Waals surface area contributed by atoms with E-state index in [1.54, 1.807) is 12.1 Å². The lowest BCUT2D eigenvalue weighted by Gasteiger charge is -2.10. The van der Waals surface area contributed by atoms with Gasteiger partial charge in [0.25, 0.3) is 0 Å². The Morgan fingerprint density at radius 3 is 3.00 bits per heavy atom. The zero-order chi connectivity index (χ0) is 14.5. The van der Waals surface area contributed by atoms with Gasteiger partial charge in [0, 0.05) is 11.6 Å². The van der Waals surface area contributed by atoms with Gasteiger partial charge in [-0.05, 0) is 30.7 Å². The number of hydrogen-bond acceptors (Lipinski definition) is 4. The van der Waals surface area contributed by atoms with Crippen LogP contribution in [-0.2, 0) is 11.3 Å². The highest BCUT2D eigenvalue weighted by molar-refractivity contribution is 5.75. The Hall–Kier alpha value is -2.31. The number of nitrogens with zero attached hydrogens (tertiary/aromatic N) is 4. The van der Waals surface area contributed by atoms with Gasteiger partial charge in [0.1, 0.15) is 12.4 Å². The first-order valence-corrected chi connectivity index (χ1v) is 6.41. The predicted octanol–water partition coefficient (Wildman–Crippen LogP) is 1.39. The van der Waals surface area contributed by atoms with Crippen LogP contribution in [0.15, 0.2) is 24.3 Å². The second kappa shape index (κ2) is 6.23. The van der Waals surface area contributed by atoms with Crippen molar-refractivity contribution < 1.29 is 9.18 Å². The van der Waals surface area contributed by atoms with E-state index in [-0.39, 0.29) is 24.3 Å². The first-order valence-electron chi connectivity index (χ1n) is 6.41. The van der Waals surface area contributed by atoms with E-state index in [4.69, 9.17) is 0 Å². The molecule has 0 aliphatic heterocycles. The van der Waals surface area contributed by atoms with Crippen molar-refractivity contribution >= 4 is 5.91 Å².